The Morgan fingerprint density at radius 1 is 1.15 bits per heavy atom. The topological polar surface area (TPSA) is 73.9 Å². The van der Waals surface area contributed by atoms with Crippen LogP contribution in [-0.2, 0) is 22.9 Å². The Labute approximate surface area is 124 Å². The van der Waals surface area contributed by atoms with Crippen LogP contribution in [0.15, 0.2) is 0 Å². The number of hydrogen-bond donors (Lipinski definition) is 1. The molecule has 6 nitrogen and oxygen atoms in total. The Bertz CT molecular complexity index is 279. The normalized spacial score (nSPS) is 13.1. The van der Waals surface area contributed by atoms with E-state index in [1.165, 1.54) is 14.0 Å². The van der Waals surface area contributed by atoms with E-state index in [-0.39, 0.29) is 7.33 Å². The van der Waals surface area contributed by atoms with Crippen LogP contribution in [0, 0.1) is 0 Å². The Hall–Kier alpha value is -0.420. The molecule has 0 saturated carbocycles. The molecule has 0 aliphatic rings. The van der Waals surface area contributed by atoms with E-state index in [9.17, 15) is 9.36 Å². The predicted molar refractivity (Wildman–Crippen MR) is 82.8 cm³/mol. The molecule has 0 bridgehead atoms. The molecule has 0 radical (unpaired) electrons. The quantitative estimate of drug-likeness (QED) is 0.464. The molecule has 1 atom stereocenters. The molecule has 0 heterocycles. The van der Waals surface area contributed by atoms with Crippen molar-refractivity contribution in [1.82, 2.24) is 5.32 Å². The summed E-state index contributed by atoms with van der Waals surface area (Å²) in [5, 5.41) is 2.73. The lowest BCUT2D eigenvalue weighted by molar-refractivity contribution is -0.118. The lowest BCUT2D eigenvalue weighted by atomic mass is 10.2. The van der Waals surface area contributed by atoms with E-state index in [4.69, 9.17) is 13.6 Å². The highest BCUT2D eigenvalue weighted by Gasteiger charge is 2.23. The van der Waals surface area contributed by atoms with Gasteiger partial charge in [-0.3, -0.25) is 18.4 Å². The highest BCUT2D eigenvalue weighted by Crippen LogP contribution is 2.48. The molecular formula is C13H32NO5P. The summed E-state index contributed by atoms with van der Waals surface area (Å²) in [5.41, 5.74) is 0. The lowest BCUT2D eigenvalue weighted by Crippen LogP contribution is -2.20. The lowest BCUT2D eigenvalue weighted by Gasteiger charge is -2.14. The van der Waals surface area contributed by atoms with Gasteiger partial charge in [0, 0.05) is 22.0 Å². The maximum Gasteiger partial charge on any atom is 0.474 e. The number of unbranched alkanes of at least 4 members (excludes halogenated alkanes) is 3. The fraction of sp³-hybridized carbons (Fsp3) is 0.923. The van der Waals surface area contributed by atoms with Gasteiger partial charge in [-0.25, -0.2) is 4.57 Å². The number of phosphoric ester groups is 1. The summed E-state index contributed by atoms with van der Waals surface area (Å²) >= 11 is 0. The highest BCUT2D eigenvalue weighted by molar-refractivity contribution is 7.48. The van der Waals surface area contributed by atoms with Gasteiger partial charge in [0.15, 0.2) is 0 Å². The van der Waals surface area contributed by atoms with Gasteiger partial charge in [0.2, 0.25) is 5.91 Å². The molecule has 0 rings (SSSR count). The van der Waals surface area contributed by atoms with Crippen LogP contribution in [0.5, 0.6) is 0 Å². The first-order valence-corrected chi connectivity index (χ1v) is 8.69. The molecular weight excluding hydrogens is 281 g/mol. The van der Waals surface area contributed by atoms with Crippen molar-refractivity contribution in [2.75, 3.05) is 26.9 Å². The molecule has 20 heavy (non-hydrogen) atoms. The van der Waals surface area contributed by atoms with Gasteiger partial charge in [-0.05, 0) is 19.8 Å². The van der Waals surface area contributed by atoms with Crippen LogP contribution in [-0.4, -0.2) is 32.8 Å². The van der Waals surface area contributed by atoms with Crippen molar-refractivity contribution in [2.45, 2.75) is 53.4 Å². The summed E-state index contributed by atoms with van der Waals surface area (Å²) in [4.78, 5) is 10.6. The molecule has 1 N–H and O–H groups in total. The summed E-state index contributed by atoms with van der Waals surface area (Å²) in [7, 11) is -2.02. The molecule has 0 fully saturated rings. The molecule has 0 aliphatic heterocycles. The smallest absolute Gasteiger partial charge is 0.356 e. The minimum absolute atomic E-state index is 0. The van der Waals surface area contributed by atoms with E-state index in [0.29, 0.717) is 19.8 Å². The van der Waals surface area contributed by atoms with Crippen LogP contribution in [0.4, 0.5) is 0 Å². The van der Waals surface area contributed by atoms with E-state index < -0.39 is 7.82 Å². The van der Waals surface area contributed by atoms with Crippen LogP contribution in [0.2, 0.25) is 0 Å². The third-order valence-corrected chi connectivity index (χ3v) is 3.73. The summed E-state index contributed by atoms with van der Waals surface area (Å²) < 4.78 is 26.4. The second-order valence-electron chi connectivity index (χ2n) is 3.78. The third-order valence-electron chi connectivity index (χ3n) is 2.21. The van der Waals surface area contributed by atoms with E-state index in [0.717, 1.165) is 25.7 Å². The zero-order chi connectivity index (χ0) is 15.9. The Balaban J connectivity index is -0.00000103. The minimum atomic E-state index is -3.33. The van der Waals surface area contributed by atoms with Crippen molar-refractivity contribution in [1.29, 1.82) is 0 Å². The summed E-state index contributed by atoms with van der Waals surface area (Å²) in [6, 6.07) is 0. The van der Waals surface area contributed by atoms with Crippen LogP contribution in [0.3, 0.4) is 0 Å². The number of hydrogen-bond acceptors (Lipinski definition) is 5. The average molecular weight is 313 g/mol. The minimum Gasteiger partial charge on any atom is -0.356 e. The molecule has 124 valence electrons. The standard InChI is InChI=1S/C11H24NO5P.C2H6.H2/c1-4-16-18(14,15-3)17-10-8-6-5-7-9-12-11(2)13;1-2;/h4-10H2,1-3H3,(H,12,13);1-2H3;1H. The van der Waals surface area contributed by atoms with Gasteiger partial charge in [0.05, 0.1) is 13.2 Å². The maximum absolute atomic E-state index is 11.7. The second kappa shape index (κ2) is 15.0. The monoisotopic (exact) mass is 313 g/mol. The van der Waals surface area contributed by atoms with Crippen LogP contribution in [0.1, 0.15) is 54.8 Å². The van der Waals surface area contributed by atoms with E-state index in [1.54, 1.807) is 6.92 Å². The summed E-state index contributed by atoms with van der Waals surface area (Å²) in [5.74, 6) is -0.00363. The number of phosphoric acid groups is 1. The molecule has 1 amide bonds. The van der Waals surface area contributed by atoms with Crippen molar-refractivity contribution in [2.24, 2.45) is 0 Å². The predicted octanol–water partition coefficient (Wildman–Crippen LogP) is 3.76. The molecule has 0 aromatic carbocycles. The fourth-order valence-electron chi connectivity index (χ4n) is 1.32. The van der Waals surface area contributed by atoms with Crippen molar-refractivity contribution in [3.8, 4) is 0 Å². The Kier molecular flexibility index (Phi) is 16.4. The third kappa shape index (κ3) is 14.0. The SMILES string of the molecule is CC.CCOP(=O)(OC)OCCCCCCNC(C)=O.[HH]. The van der Waals surface area contributed by atoms with E-state index in [1.807, 2.05) is 13.8 Å². The first-order valence-electron chi connectivity index (χ1n) is 7.23. The summed E-state index contributed by atoms with van der Waals surface area (Å²) in [6.45, 7) is 8.58. The second-order valence-corrected chi connectivity index (χ2v) is 5.55. The van der Waals surface area contributed by atoms with Gasteiger partial charge in [0.25, 0.3) is 0 Å². The van der Waals surface area contributed by atoms with Gasteiger partial charge in [-0.15, -0.1) is 0 Å². The number of amides is 1. The first kappa shape index (κ1) is 21.9. The van der Waals surface area contributed by atoms with Gasteiger partial charge in [-0.2, -0.15) is 0 Å². The van der Waals surface area contributed by atoms with Gasteiger partial charge >= 0.3 is 7.82 Å². The van der Waals surface area contributed by atoms with Crippen molar-refractivity contribution in [3.63, 3.8) is 0 Å². The number of rotatable bonds is 11. The van der Waals surface area contributed by atoms with E-state index >= 15 is 0 Å². The molecule has 0 aromatic rings. The maximum atomic E-state index is 11.7. The van der Waals surface area contributed by atoms with Crippen molar-refractivity contribution in [3.05, 3.63) is 0 Å². The average Bonchev–Trinajstić information content (AvgIpc) is 2.44. The first-order chi connectivity index (χ1) is 9.54. The van der Waals surface area contributed by atoms with Crippen LogP contribution >= 0.6 is 7.82 Å². The molecule has 1 unspecified atom stereocenters. The van der Waals surface area contributed by atoms with Crippen LogP contribution in [0.25, 0.3) is 0 Å². The molecule has 0 aromatic heterocycles. The molecule has 0 spiro atoms. The largest absolute Gasteiger partial charge is 0.474 e. The molecule has 0 saturated heterocycles. The fourth-order valence-corrected chi connectivity index (χ4v) is 2.28. The number of nitrogens with one attached hydrogen (secondary N) is 1. The highest BCUT2D eigenvalue weighted by atomic mass is 31.2. The molecule has 7 heteroatoms. The Morgan fingerprint density at radius 3 is 2.25 bits per heavy atom. The van der Waals surface area contributed by atoms with E-state index in [2.05, 4.69) is 5.32 Å². The van der Waals surface area contributed by atoms with Crippen LogP contribution < -0.4 is 5.32 Å². The molecule has 0 aliphatic carbocycles. The van der Waals surface area contributed by atoms with Gasteiger partial charge in [-0.1, -0.05) is 26.7 Å². The summed E-state index contributed by atoms with van der Waals surface area (Å²) in [6.07, 6.45) is 3.68. The zero-order valence-electron chi connectivity index (χ0n) is 13.4. The number of carbonyl (C=O) groups is 1. The van der Waals surface area contributed by atoms with Crippen molar-refractivity contribution < 1.29 is 24.4 Å². The van der Waals surface area contributed by atoms with Gasteiger partial charge in [0.1, 0.15) is 0 Å². The Morgan fingerprint density at radius 2 is 1.75 bits per heavy atom. The zero-order valence-corrected chi connectivity index (χ0v) is 14.3. The van der Waals surface area contributed by atoms with Crippen molar-refractivity contribution >= 4 is 13.7 Å². The number of carbonyl (C=O) groups excluding carboxylic acids is 1. The van der Waals surface area contributed by atoms with Gasteiger partial charge < -0.3 is 5.32 Å².